The first-order valence-electron chi connectivity index (χ1n) is 11.1. The molecule has 0 saturated carbocycles. The van der Waals surface area contributed by atoms with E-state index < -0.39 is 0 Å². The minimum Gasteiger partial charge on any atom is -0.508 e. The Morgan fingerprint density at radius 1 is 1.00 bits per heavy atom. The Bertz CT molecular complexity index is 778. The van der Waals surface area contributed by atoms with Gasteiger partial charge in [-0.1, -0.05) is 34.9 Å². The molecule has 1 aliphatic heterocycles. The lowest BCUT2D eigenvalue weighted by Gasteiger charge is -2.36. The zero-order chi connectivity index (χ0) is 21.4. The molecule has 1 atom stereocenters. The van der Waals surface area contributed by atoms with E-state index in [1.54, 1.807) is 0 Å². The van der Waals surface area contributed by atoms with Crippen LogP contribution in [0.15, 0.2) is 47.1 Å². The molecule has 1 aromatic carbocycles. The van der Waals surface area contributed by atoms with Crippen molar-refractivity contribution in [2.45, 2.75) is 98.5 Å². The molecule has 1 unspecified atom stereocenters. The monoisotopic (exact) mass is 396 g/mol. The Morgan fingerprint density at radius 3 is 2.28 bits per heavy atom. The standard InChI is InChI=1S/C27H40O2/c1-20(2)10-7-11-21(3)12-8-13-22(4)14-9-16-27(6)17-15-24-19-25(28)23(5)18-26(24)29-27/h10,12,14,18-19,28H,7-9,11,13,15-17H2,1-6H3. The van der Waals surface area contributed by atoms with Gasteiger partial charge in [0.2, 0.25) is 0 Å². The minimum atomic E-state index is -0.116. The summed E-state index contributed by atoms with van der Waals surface area (Å²) < 4.78 is 6.35. The van der Waals surface area contributed by atoms with Crippen molar-refractivity contribution in [3.05, 3.63) is 58.2 Å². The molecule has 2 rings (SSSR count). The van der Waals surface area contributed by atoms with Crippen molar-refractivity contribution in [3.8, 4) is 11.5 Å². The van der Waals surface area contributed by atoms with Crippen LogP contribution in [0.4, 0.5) is 0 Å². The molecule has 0 aliphatic carbocycles. The molecular weight excluding hydrogens is 356 g/mol. The summed E-state index contributed by atoms with van der Waals surface area (Å²) >= 11 is 0. The van der Waals surface area contributed by atoms with E-state index in [1.807, 2.05) is 19.1 Å². The molecule has 29 heavy (non-hydrogen) atoms. The van der Waals surface area contributed by atoms with Crippen molar-refractivity contribution in [1.29, 1.82) is 0 Å². The summed E-state index contributed by atoms with van der Waals surface area (Å²) in [5.41, 5.74) is 6.27. The number of ether oxygens (including phenoxy) is 1. The summed E-state index contributed by atoms with van der Waals surface area (Å²) in [6, 6.07) is 3.85. The van der Waals surface area contributed by atoms with Gasteiger partial charge in [-0.3, -0.25) is 0 Å². The first-order chi connectivity index (χ1) is 13.7. The third kappa shape index (κ3) is 7.76. The highest BCUT2D eigenvalue weighted by atomic mass is 16.5. The van der Waals surface area contributed by atoms with E-state index in [0.29, 0.717) is 5.75 Å². The maximum absolute atomic E-state index is 9.91. The predicted molar refractivity (Wildman–Crippen MR) is 125 cm³/mol. The first kappa shape index (κ1) is 23.3. The lowest BCUT2D eigenvalue weighted by Crippen LogP contribution is -2.36. The van der Waals surface area contributed by atoms with E-state index in [4.69, 9.17) is 4.74 Å². The second-order valence-electron chi connectivity index (χ2n) is 9.30. The number of phenols is 1. The number of hydrogen-bond donors (Lipinski definition) is 1. The number of rotatable bonds is 9. The zero-order valence-corrected chi connectivity index (χ0v) is 19.4. The second-order valence-corrected chi connectivity index (χ2v) is 9.30. The highest BCUT2D eigenvalue weighted by Crippen LogP contribution is 2.38. The van der Waals surface area contributed by atoms with Gasteiger partial charge in [0.1, 0.15) is 17.1 Å². The number of phenolic OH excluding ortho intramolecular Hbond substituents is 1. The summed E-state index contributed by atoms with van der Waals surface area (Å²) in [5, 5.41) is 9.91. The van der Waals surface area contributed by atoms with Gasteiger partial charge in [-0.05, 0) is 116 Å². The quantitative estimate of drug-likeness (QED) is 0.429. The number of aromatic hydroxyl groups is 1. The maximum Gasteiger partial charge on any atom is 0.123 e. The third-order valence-electron chi connectivity index (χ3n) is 5.95. The van der Waals surface area contributed by atoms with Gasteiger partial charge in [0.25, 0.3) is 0 Å². The van der Waals surface area contributed by atoms with Gasteiger partial charge in [-0.2, -0.15) is 0 Å². The van der Waals surface area contributed by atoms with Gasteiger partial charge in [0.05, 0.1) is 0 Å². The van der Waals surface area contributed by atoms with Crippen LogP contribution in [0.2, 0.25) is 0 Å². The van der Waals surface area contributed by atoms with Crippen molar-refractivity contribution in [2.24, 2.45) is 0 Å². The Kier molecular flexibility index (Phi) is 8.61. The molecule has 1 aromatic rings. The SMILES string of the molecule is CC(C)=CCCC(C)=CCCC(C)=CCCC1(C)CCc2cc(O)c(C)cc2O1. The molecule has 2 nitrogen and oxygen atoms in total. The Balaban J connectivity index is 1.78. The van der Waals surface area contributed by atoms with Gasteiger partial charge >= 0.3 is 0 Å². The van der Waals surface area contributed by atoms with Crippen molar-refractivity contribution in [2.75, 3.05) is 0 Å². The van der Waals surface area contributed by atoms with Crippen molar-refractivity contribution in [1.82, 2.24) is 0 Å². The Hall–Kier alpha value is -1.96. The van der Waals surface area contributed by atoms with Crippen LogP contribution in [-0.2, 0) is 6.42 Å². The van der Waals surface area contributed by atoms with Crippen LogP contribution in [0, 0.1) is 6.92 Å². The number of aryl methyl sites for hydroxylation is 2. The van der Waals surface area contributed by atoms with Crippen molar-refractivity contribution >= 4 is 0 Å². The molecule has 0 fully saturated rings. The average molecular weight is 397 g/mol. The van der Waals surface area contributed by atoms with Gasteiger partial charge < -0.3 is 9.84 Å². The van der Waals surface area contributed by atoms with Gasteiger partial charge in [-0.25, -0.2) is 0 Å². The largest absolute Gasteiger partial charge is 0.508 e. The van der Waals surface area contributed by atoms with Crippen LogP contribution in [0.5, 0.6) is 11.5 Å². The molecule has 1 heterocycles. The lowest BCUT2D eigenvalue weighted by molar-refractivity contribution is 0.0569. The number of fused-ring (bicyclic) bond motifs is 1. The highest BCUT2D eigenvalue weighted by molar-refractivity contribution is 5.46. The highest BCUT2D eigenvalue weighted by Gasteiger charge is 2.31. The lowest BCUT2D eigenvalue weighted by atomic mass is 9.88. The normalized spacial score (nSPS) is 19.5. The van der Waals surface area contributed by atoms with Crippen LogP contribution < -0.4 is 4.74 Å². The zero-order valence-electron chi connectivity index (χ0n) is 19.4. The maximum atomic E-state index is 9.91. The average Bonchev–Trinajstić information content (AvgIpc) is 2.63. The fourth-order valence-electron chi connectivity index (χ4n) is 3.86. The first-order valence-corrected chi connectivity index (χ1v) is 11.1. The van der Waals surface area contributed by atoms with E-state index >= 15 is 0 Å². The van der Waals surface area contributed by atoms with E-state index in [-0.39, 0.29) is 5.60 Å². The van der Waals surface area contributed by atoms with E-state index in [1.165, 1.54) is 23.1 Å². The smallest absolute Gasteiger partial charge is 0.123 e. The molecule has 0 radical (unpaired) electrons. The molecule has 0 aromatic heterocycles. The summed E-state index contributed by atoms with van der Waals surface area (Å²) in [4.78, 5) is 0. The van der Waals surface area contributed by atoms with Gasteiger partial charge in [0, 0.05) is 0 Å². The van der Waals surface area contributed by atoms with Crippen LogP contribution in [0.25, 0.3) is 0 Å². The topological polar surface area (TPSA) is 29.5 Å². The number of benzene rings is 1. The molecule has 0 bridgehead atoms. The molecule has 0 spiro atoms. The van der Waals surface area contributed by atoms with Gasteiger partial charge in [-0.15, -0.1) is 0 Å². The third-order valence-corrected chi connectivity index (χ3v) is 5.95. The summed E-state index contributed by atoms with van der Waals surface area (Å²) in [6.07, 6.45) is 15.8. The number of hydrogen-bond acceptors (Lipinski definition) is 2. The van der Waals surface area contributed by atoms with Crippen LogP contribution in [0.1, 0.15) is 90.7 Å². The molecule has 2 heteroatoms. The van der Waals surface area contributed by atoms with Crippen molar-refractivity contribution in [3.63, 3.8) is 0 Å². The minimum absolute atomic E-state index is 0.116. The second kappa shape index (κ2) is 10.7. The fraction of sp³-hybridized carbons (Fsp3) is 0.556. The summed E-state index contributed by atoms with van der Waals surface area (Å²) in [7, 11) is 0. The molecule has 160 valence electrons. The van der Waals surface area contributed by atoms with Crippen LogP contribution in [0.3, 0.4) is 0 Å². The van der Waals surface area contributed by atoms with E-state index in [2.05, 4.69) is 52.8 Å². The molecule has 0 saturated heterocycles. The fourth-order valence-corrected chi connectivity index (χ4v) is 3.86. The molecule has 1 aliphatic rings. The molecule has 0 amide bonds. The Morgan fingerprint density at radius 2 is 1.62 bits per heavy atom. The molecular formula is C27H40O2. The number of allylic oxidation sites excluding steroid dienone is 6. The van der Waals surface area contributed by atoms with Gasteiger partial charge in [0.15, 0.2) is 0 Å². The van der Waals surface area contributed by atoms with E-state index in [0.717, 1.165) is 61.8 Å². The van der Waals surface area contributed by atoms with E-state index in [9.17, 15) is 5.11 Å². The summed E-state index contributed by atoms with van der Waals surface area (Å²) in [6.45, 7) is 13.0. The Labute approximate surface area is 178 Å². The van der Waals surface area contributed by atoms with Crippen molar-refractivity contribution < 1.29 is 9.84 Å². The van der Waals surface area contributed by atoms with Crippen LogP contribution in [-0.4, -0.2) is 10.7 Å². The van der Waals surface area contributed by atoms with Crippen LogP contribution >= 0.6 is 0 Å². The predicted octanol–water partition coefficient (Wildman–Crippen LogP) is 7.98. The molecule has 1 N–H and O–H groups in total. The summed E-state index contributed by atoms with van der Waals surface area (Å²) in [5.74, 6) is 1.32.